The summed E-state index contributed by atoms with van der Waals surface area (Å²) < 4.78 is 0. The summed E-state index contributed by atoms with van der Waals surface area (Å²) in [4.78, 5) is 11.5. The zero-order chi connectivity index (χ0) is 10.2. The average Bonchev–Trinajstić information content (AvgIpc) is 2.25. The molecule has 0 unspecified atom stereocenters. The predicted molar refractivity (Wildman–Crippen MR) is 58.5 cm³/mol. The van der Waals surface area contributed by atoms with Crippen LogP contribution in [0.1, 0.15) is 16.8 Å². The highest BCUT2D eigenvalue weighted by Gasteiger charge is 2.02. The maximum Gasteiger partial charge on any atom is 0.164 e. The Balaban J connectivity index is 2.32. The summed E-state index contributed by atoms with van der Waals surface area (Å²) >= 11 is 0. The van der Waals surface area contributed by atoms with Crippen LogP contribution in [0.4, 0.5) is 0 Å². The van der Waals surface area contributed by atoms with Crippen molar-refractivity contribution >= 4 is 5.78 Å². The fraction of sp³-hybridized carbons (Fsp3) is 0.250. The second-order valence-corrected chi connectivity index (χ2v) is 3.03. The minimum Gasteiger partial charge on any atom is -0.313 e. The molecule has 0 atom stereocenters. The molecular formula is C12H15NO. The van der Waals surface area contributed by atoms with Gasteiger partial charge < -0.3 is 5.32 Å². The molecule has 0 heterocycles. The van der Waals surface area contributed by atoms with E-state index in [4.69, 9.17) is 0 Å². The zero-order valence-electron chi connectivity index (χ0n) is 8.20. The van der Waals surface area contributed by atoms with Crippen molar-refractivity contribution in [2.45, 2.75) is 6.42 Å². The Morgan fingerprint density at radius 2 is 2.07 bits per heavy atom. The average molecular weight is 189 g/mol. The summed E-state index contributed by atoms with van der Waals surface area (Å²) in [5.41, 5.74) is 0.785. The van der Waals surface area contributed by atoms with Gasteiger partial charge in [0, 0.05) is 25.1 Å². The lowest BCUT2D eigenvalue weighted by Gasteiger charge is -2.01. The molecule has 0 amide bonds. The molecule has 0 radical (unpaired) electrons. The van der Waals surface area contributed by atoms with Crippen molar-refractivity contribution in [1.29, 1.82) is 0 Å². The van der Waals surface area contributed by atoms with Gasteiger partial charge in [-0.15, -0.1) is 6.58 Å². The number of benzene rings is 1. The van der Waals surface area contributed by atoms with Crippen molar-refractivity contribution < 1.29 is 4.79 Å². The highest BCUT2D eigenvalue weighted by atomic mass is 16.1. The van der Waals surface area contributed by atoms with Gasteiger partial charge in [0.25, 0.3) is 0 Å². The van der Waals surface area contributed by atoms with Gasteiger partial charge in [0.15, 0.2) is 5.78 Å². The number of rotatable bonds is 6. The molecule has 0 saturated carbocycles. The van der Waals surface area contributed by atoms with Crippen LogP contribution in [0.15, 0.2) is 43.0 Å². The third-order valence-corrected chi connectivity index (χ3v) is 1.91. The number of nitrogens with one attached hydrogen (secondary N) is 1. The van der Waals surface area contributed by atoms with Crippen LogP contribution in [-0.4, -0.2) is 18.9 Å². The third kappa shape index (κ3) is 3.54. The molecule has 1 aromatic rings. The van der Waals surface area contributed by atoms with Gasteiger partial charge in [-0.25, -0.2) is 0 Å². The molecule has 74 valence electrons. The molecule has 0 aliphatic rings. The Morgan fingerprint density at radius 1 is 1.36 bits per heavy atom. The first-order chi connectivity index (χ1) is 6.84. The quantitative estimate of drug-likeness (QED) is 0.421. The van der Waals surface area contributed by atoms with Gasteiger partial charge in [-0.1, -0.05) is 36.4 Å². The SMILES string of the molecule is C=CCNCCC(=O)c1ccccc1. The van der Waals surface area contributed by atoms with E-state index in [0.29, 0.717) is 13.0 Å². The standard InChI is InChI=1S/C12H15NO/c1-2-9-13-10-8-12(14)11-6-4-3-5-7-11/h2-7,13H,1,8-10H2. The fourth-order valence-corrected chi connectivity index (χ4v) is 1.17. The lowest BCUT2D eigenvalue weighted by Crippen LogP contribution is -2.18. The van der Waals surface area contributed by atoms with Crippen LogP contribution < -0.4 is 5.32 Å². The number of ketones is 1. The molecule has 1 rings (SSSR count). The molecule has 1 N–H and O–H groups in total. The molecule has 0 aliphatic heterocycles. The van der Waals surface area contributed by atoms with Crippen molar-refractivity contribution in [2.24, 2.45) is 0 Å². The Hall–Kier alpha value is -1.41. The van der Waals surface area contributed by atoms with Crippen LogP contribution in [0, 0.1) is 0 Å². The van der Waals surface area contributed by atoms with Gasteiger partial charge in [0.05, 0.1) is 0 Å². The van der Waals surface area contributed by atoms with E-state index in [1.54, 1.807) is 6.08 Å². The van der Waals surface area contributed by atoms with E-state index < -0.39 is 0 Å². The molecule has 1 aromatic carbocycles. The summed E-state index contributed by atoms with van der Waals surface area (Å²) in [7, 11) is 0. The molecule has 0 saturated heterocycles. The first kappa shape index (κ1) is 10.7. The Kier molecular flexibility index (Phi) is 4.65. The molecular weight excluding hydrogens is 174 g/mol. The van der Waals surface area contributed by atoms with E-state index in [0.717, 1.165) is 12.1 Å². The number of carbonyl (C=O) groups excluding carboxylic acids is 1. The van der Waals surface area contributed by atoms with Crippen molar-refractivity contribution in [2.75, 3.05) is 13.1 Å². The molecule has 2 nitrogen and oxygen atoms in total. The molecule has 0 bridgehead atoms. The van der Waals surface area contributed by atoms with Gasteiger partial charge in [-0.2, -0.15) is 0 Å². The van der Waals surface area contributed by atoms with E-state index in [1.165, 1.54) is 0 Å². The van der Waals surface area contributed by atoms with Crippen LogP contribution in [0.2, 0.25) is 0 Å². The van der Waals surface area contributed by atoms with E-state index in [9.17, 15) is 4.79 Å². The lowest BCUT2D eigenvalue weighted by molar-refractivity contribution is 0.0983. The van der Waals surface area contributed by atoms with Crippen LogP contribution in [0.3, 0.4) is 0 Å². The summed E-state index contributed by atoms with van der Waals surface area (Å²) in [5.74, 6) is 0.183. The molecule has 0 spiro atoms. The predicted octanol–water partition coefficient (Wildman–Crippen LogP) is 2.04. The summed E-state index contributed by atoms with van der Waals surface area (Å²) in [5, 5.41) is 3.10. The summed E-state index contributed by atoms with van der Waals surface area (Å²) in [6.07, 6.45) is 2.32. The largest absolute Gasteiger partial charge is 0.313 e. The first-order valence-electron chi connectivity index (χ1n) is 4.74. The zero-order valence-corrected chi connectivity index (χ0v) is 8.20. The lowest BCUT2D eigenvalue weighted by atomic mass is 10.1. The van der Waals surface area contributed by atoms with Crippen LogP contribution in [0.25, 0.3) is 0 Å². The monoisotopic (exact) mass is 189 g/mol. The Labute approximate surface area is 84.6 Å². The van der Waals surface area contributed by atoms with Crippen LogP contribution in [-0.2, 0) is 0 Å². The number of Topliss-reactive ketones (excluding diaryl/α,β-unsaturated/α-hetero) is 1. The van der Waals surface area contributed by atoms with Gasteiger partial charge in [0.1, 0.15) is 0 Å². The second kappa shape index (κ2) is 6.11. The number of hydrogen-bond donors (Lipinski definition) is 1. The molecule has 14 heavy (non-hydrogen) atoms. The number of hydrogen-bond acceptors (Lipinski definition) is 2. The maximum atomic E-state index is 11.5. The highest BCUT2D eigenvalue weighted by Crippen LogP contribution is 2.01. The summed E-state index contributed by atoms with van der Waals surface area (Å²) in [6.45, 7) is 5.05. The molecule has 0 aromatic heterocycles. The van der Waals surface area contributed by atoms with Crippen molar-refractivity contribution in [3.8, 4) is 0 Å². The molecule has 2 heteroatoms. The van der Waals surface area contributed by atoms with E-state index in [1.807, 2.05) is 30.3 Å². The number of carbonyl (C=O) groups is 1. The van der Waals surface area contributed by atoms with Crippen molar-refractivity contribution in [3.05, 3.63) is 48.6 Å². The molecule has 0 aliphatic carbocycles. The minimum atomic E-state index is 0.183. The van der Waals surface area contributed by atoms with Gasteiger partial charge in [0.2, 0.25) is 0 Å². The van der Waals surface area contributed by atoms with Gasteiger partial charge in [-0.3, -0.25) is 4.79 Å². The van der Waals surface area contributed by atoms with Crippen LogP contribution >= 0.6 is 0 Å². The van der Waals surface area contributed by atoms with E-state index >= 15 is 0 Å². The minimum absolute atomic E-state index is 0.183. The van der Waals surface area contributed by atoms with Crippen molar-refractivity contribution in [3.63, 3.8) is 0 Å². The fourth-order valence-electron chi connectivity index (χ4n) is 1.17. The highest BCUT2D eigenvalue weighted by molar-refractivity contribution is 5.96. The summed E-state index contributed by atoms with van der Waals surface area (Å²) in [6, 6.07) is 9.35. The van der Waals surface area contributed by atoms with E-state index in [2.05, 4.69) is 11.9 Å². The molecule has 0 fully saturated rings. The first-order valence-corrected chi connectivity index (χ1v) is 4.74. The van der Waals surface area contributed by atoms with Crippen LogP contribution in [0.5, 0.6) is 0 Å². The van der Waals surface area contributed by atoms with Gasteiger partial charge >= 0.3 is 0 Å². The topological polar surface area (TPSA) is 29.1 Å². The van der Waals surface area contributed by atoms with Gasteiger partial charge in [-0.05, 0) is 0 Å². The van der Waals surface area contributed by atoms with Crippen molar-refractivity contribution in [1.82, 2.24) is 5.32 Å². The maximum absolute atomic E-state index is 11.5. The Morgan fingerprint density at radius 3 is 2.71 bits per heavy atom. The second-order valence-electron chi connectivity index (χ2n) is 3.03. The Bertz CT molecular complexity index is 292. The normalized spacial score (nSPS) is 9.71. The van der Waals surface area contributed by atoms with E-state index in [-0.39, 0.29) is 5.78 Å². The third-order valence-electron chi connectivity index (χ3n) is 1.91. The smallest absolute Gasteiger partial charge is 0.164 e.